The highest BCUT2D eigenvalue weighted by Gasteiger charge is 2.54. The van der Waals surface area contributed by atoms with Gasteiger partial charge in [-0.15, -0.1) is 0 Å². The Morgan fingerprint density at radius 1 is 1.00 bits per heavy atom. The van der Waals surface area contributed by atoms with E-state index in [2.05, 4.69) is 40.2 Å². The van der Waals surface area contributed by atoms with Gasteiger partial charge in [-0.3, -0.25) is 19.1 Å². The Bertz CT molecular complexity index is 1500. The third-order valence-electron chi connectivity index (χ3n) is 11.1. The van der Waals surface area contributed by atoms with Crippen LogP contribution in [0.1, 0.15) is 86.8 Å². The van der Waals surface area contributed by atoms with Crippen LogP contribution in [0.4, 0.5) is 10.5 Å². The summed E-state index contributed by atoms with van der Waals surface area (Å²) in [5, 5.41) is 26.5. The number of rotatable bonds is 11. The second-order valence-corrected chi connectivity index (χ2v) is 14.4. The van der Waals surface area contributed by atoms with Crippen molar-refractivity contribution < 1.29 is 24.3 Å². The van der Waals surface area contributed by atoms with E-state index in [1.165, 1.54) is 4.68 Å². The average molecular weight is 648 g/mol. The monoisotopic (exact) mass is 647 g/mol. The Kier molecular flexibility index (Phi) is 9.59. The van der Waals surface area contributed by atoms with Gasteiger partial charge in [-0.25, -0.2) is 4.79 Å². The largest absolute Gasteiger partial charge is 0.394 e. The molecule has 47 heavy (non-hydrogen) atoms. The number of urea groups is 1. The Morgan fingerprint density at radius 2 is 1.72 bits per heavy atom. The number of hydrogen-bond donors (Lipinski definition) is 5. The lowest BCUT2D eigenvalue weighted by Gasteiger charge is -2.40. The highest BCUT2D eigenvalue weighted by Crippen LogP contribution is 2.39. The van der Waals surface area contributed by atoms with Crippen molar-refractivity contribution in [2.45, 2.75) is 102 Å². The fourth-order valence-corrected chi connectivity index (χ4v) is 7.87. The topological polar surface area (TPSA) is 158 Å². The van der Waals surface area contributed by atoms with Crippen molar-refractivity contribution in [3.05, 3.63) is 47.3 Å². The van der Waals surface area contributed by atoms with Gasteiger partial charge in [0.15, 0.2) is 0 Å². The smallest absolute Gasteiger partial charge is 0.318 e. The quantitative estimate of drug-likeness (QED) is 0.253. The normalized spacial score (nSPS) is 24.3. The molecule has 2 aromatic rings. The van der Waals surface area contributed by atoms with E-state index in [9.17, 15) is 24.3 Å². The van der Waals surface area contributed by atoms with Crippen LogP contribution in [0.25, 0.3) is 0 Å². The molecule has 0 spiro atoms. The maximum Gasteiger partial charge on any atom is 0.318 e. The van der Waals surface area contributed by atoms with Crippen LogP contribution < -0.4 is 21.3 Å². The predicted molar refractivity (Wildman–Crippen MR) is 176 cm³/mol. The van der Waals surface area contributed by atoms with Gasteiger partial charge in [0.2, 0.25) is 11.8 Å². The Labute approximate surface area is 276 Å². The lowest BCUT2D eigenvalue weighted by molar-refractivity contribution is -0.133. The lowest BCUT2D eigenvalue weighted by atomic mass is 9.79. The zero-order valence-corrected chi connectivity index (χ0v) is 27.8. The van der Waals surface area contributed by atoms with Crippen LogP contribution in [0.3, 0.4) is 0 Å². The number of carbonyl (C=O) groups excluding carboxylic acids is 4. The molecule has 3 aliphatic carbocycles. The van der Waals surface area contributed by atoms with Gasteiger partial charge in [-0.05, 0) is 72.8 Å². The molecule has 1 aliphatic heterocycles. The van der Waals surface area contributed by atoms with E-state index in [1.54, 1.807) is 24.2 Å². The Morgan fingerprint density at radius 3 is 2.34 bits per heavy atom. The van der Waals surface area contributed by atoms with E-state index < -0.39 is 11.6 Å². The molecule has 2 saturated carbocycles. The molecule has 5 N–H and O–H groups in total. The number of aromatic nitrogens is 2. The number of anilines is 1. The number of hydrogen-bond acceptors (Lipinski definition) is 6. The molecule has 2 unspecified atom stereocenters. The lowest BCUT2D eigenvalue weighted by Crippen LogP contribution is -2.63. The maximum atomic E-state index is 14.2. The van der Waals surface area contributed by atoms with Crippen molar-refractivity contribution in [3.63, 3.8) is 0 Å². The van der Waals surface area contributed by atoms with Crippen molar-refractivity contribution in [2.75, 3.05) is 18.5 Å². The Balaban J connectivity index is 1.23. The number of nitrogens with one attached hydrogen (secondary N) is 4. The fraction of sp³-hybridized carbons (Fsp3) is 0.629. The van der Waals surface area contributed by atoms with Gasteiger partial charge in [0.05, 0.1) is 18.7 Å². The SMILES string of the molecule is CC(C)[C@@H]1CN(C2(C(=O)NC(CO)C3CCC3)Cc3ccc(NC(=O)[C@@H](NC(=O)c4ccnn4C)C4CCCCC4)cc3C2)C(=O)N1. The minimum atomic E-state index is -1.16. The third kappa shape index (κ3) is 6.61. The van der Waals surface area contributed by atoms with Gasteiger partial charge in [-0.2, -0.15) is 5.10 Å². The number of aliphatic hydroxyl groups excluding tert-OH is 1. The minimum absolute atomic E-state index is 0.0180. The van der Waals surface area contributed by atoms with Crippen LogP contribution in [0, 0.1) is 17.8 Å². The summed E-state index contributed by atoms with van der Waals surface area (Å²) in [7, 11) is 1.70. The summed E-state index contributed by atoms with van der Waals surface area (Å²) >= 11 is 0. The van der Waals surface area contributed by atoms with E-state index in [0.29, 0.717) is 30.8 Å². The number of aliphatic hydroxyl groups is 1. The van der Waals surface area contributed by atoms with E-state index in [0.717, 1.165) is 62.5 Å². The van der Waals surface area contributed by atoms with E-state index in [-0.39, 0.29) is 60.2 Å². The number of nitrogens with zero attached hydrogens (tertiary/aromatic N) is 3. The summed E-state index contributed by atoms with van der Waals surface area (Å²) in [6, 6.07) is 5.88. The first-order valence-corrected chi connectivity index (χ1v) is 17.3. The minimum Gasteiger partial charge on any atom is -0.394 e. The molecule has 254 valence electrons. The number of amides is 5. The molecule has 1 aromatic heterocycles. The molecular formula is C35H49N7O5. The van der Waals surface area contributed by atoms with Crippen molar-refractivity contribution in [3.8, 4) is 0 Å². The zero-order valence-electron chi connectivity index (χ0n) is 27.8. The van der Waals surface area contributed by atoms with Gasteiger partial charge >= 0.3 is 6.03 Å². The average Bonchev–Trinajstić information content (AvgIpc) is 3.75. The van der Waals surface area contributed by atoms with Crippen LogP contribution in [0.15, 0.2) is 30.5 Å². The predicted octanol–water partition coefficient (Wildman–Crippen LogP) is 2.90. The van der Waals surface area contributed by atoms with Crippen LogP contribution in [-0.4, -0.2) is 80.4 Å². The van der Waals surface area contributed by atoms with E-state index >= 15 is 0 Å². The number of aryl methyl sites for hydroxylation is 1. The number of benzene rings is 1. The first-order chi connectivity index (χ1) is 22.6. The standard InChI is InChI=1S/C35H49N7O5/c1-21(2)27-19-42(34(47)39-27)35(33(46)38-28(20-43)22-10-7-11-22)17-24-12-13-26(16-25(24)18-35)37-32(45)30(23-8-5-4-6-9-23)40-31(44)29-14-15-36-41(29)3/h12-16,21-23,27-28,30,43H,4-11,17-20H2,1-3H3,(H,37,45)(H,38,46)(H,39,47)(H,40,44)/t27-,28?,30-,35?/m0/s1. The summed E-state index contributed by atoms with van der Waals surface area (Å²) in [4.78, 5) is 56.4. The molecule has 3 fully saturated rings. The number of carbonyl (C=O) groups is 4. The third-order valence-corrected chi connectivity index (χ3v) is 11.1. The summed E-state index contributed by atoms with van der Waals surface area (Å²) in [5.74, 6) is -0.417. The van der Waals surface area contributed by atoms with Crippen molar-refractivity contribution in [2.24, 2.45) is 24.8 Å². The van der Waals surface area contributed by atoms with E-state index in [1.807, 2.05) is 18.2 Å². The highest BCUT2D eigenvalue weighted by molar-refractivity contribution is 6.01. The summed E-state index contributed by atoms with van der Waals surface area (Å²) in [6.45, 7) is 4.37. The van der Waals surface area contributed by atoms with Gasteiger partial charge in [0.1, 0.15) is 17.3 Å². The molecule has 12 heteroatoms. The van der Waals surface area contributed by atoms with Crippen LogP contribution in [0.5, 0.6) is 0 Å². The summed E-state index contributed by atoms with van der Waals surface area (Å²) in [5.41, 5.74) is 1.64. The second-order valence-electron chi connectivity index (χ2n) is 14.4. The van der Waals surface area contributed by atoms with E-state index in [4.69, 9.17) is 0 Å². The molecule has 1 saturated heterocycles. The Hall–Kier alpha value is -3.93. The molecule has 12 nitrogen and oxygen atoms in total. The molecule has 0 radical (unpaired) electrons. The highest BCUT2D eigenvalue weighted by atomic mass is 16.3. The molecule has 6 rings (SSSR count). The maximum absolute atomic E-state index is 14.2. The molecule has 2 heterocycles. The molecule has 1 aromatic carbocycles. The fourth-order valence-electron chi connectivity index (χ4n) is 7.87. The first-order valence-electron chi connectivity index (χ1n) is 17.3. The van der Waals surface area contributed by atoms with Gasteiger partial charge < -0.3 is 31.3 Å². The molecular weight excluding hydrogens is 598 g/mol. The van der Waals surface area contributed by atoms with Gasteiger partial charge in [0.25, 0.3) is 5.91 Å². The van der Waals surface area contributed by atoms with Crippen molar-refractivity contribution >= 4 is 29.4 Å². The number of fused-ring (bicyclic) bond motifs is 1. The summed E-state index contributed by atoms with van der Waals surface area (Å²) < 4.78 is 1.49. The van der Waals surface area contributed by atoms with Crippen LogP contribution >= 0.6 is 0 Å². The molecule has 4 aliphatic rings. The summed E-state index contributed by atoms with van der Waals surface area (Å²) in [6.07, 6.45) is 10.1. The van der Waals surface area contributed by atoms with Crippen molar-refractivity contribution in [1.82, 2.24) is 30.6 Å². The van der Waals surface area contributed by atoms with Crippen LogP contribution in [-0.2, 0) is 29.5 Å². The van der Waals surface area contributed by atoms with Crippen molar-refractivity contribution in [1.29, 1.82) is 0 Å². The molecule has 5 amide bonds. The van der Waals surface area contributed by atoms with Crippen LogP contribution in [0.2, 0.25) is 0 Å². The second kappa shape index (κ2) is 13.7. The van der Waals surface area contributed by atoms with Gasteiger partial charge in [0, 0.05) is 38.3 Å². The first kappa shape index (κ1) is 33.0. The zero-order chi connectivity index (χ0) is 33.3. The van der Waals surface area contributed by atoms with Gasteiger partial charge in [-0.1, -0.05) is 45.6 Å². The molecule has 4 atom stereocenters. The molecule has 0 bridgehead atoms.